The van der Waals surface area contributed by atoms with Gasteiger partial charge in [0.05, 0.1) is 0 Å². The van der Waals surface area contributed by atoms with E-state index >= 15 is 0 Å². The second-order valence-electron chi connectivity index (χ2n) is 3.72. The molecule has 0 saturated carbocycles. The molecule has 1 atom stereocenters. The lowest BCUT2D eigenvalue weighted by Gasteiger charge is -2.15. The average Bonchev–Trinajstić information content (AvgIpc) is 2.26. The first-order valence-corrected chi connectivity index (χ1v) is 5.88. The van der Waals surface area contributed by atoms with Gasteiger partial charge in [-0.2, -0.15) is 0 Å². The van der Waals surface area contributed by atoms with Gasteiger partial charge in [0.1, 0.15) is 6.10 Å². The molecule has 0 radical (unpaired) electrons. The van der Waals surface area contributed by atoms with Gasteiger partial charge in [0.2, 0.25) is 0 Å². The Morgan fingerprint density at radius 2 is 2.00 bits per heavy atom. The molecule has 0 bridgehead atoms. The van der Waals surface area contributed by atoms with Gasteiger partial charge in [0.15, 0.2) is 0 Å². The zero-order valence-corrected chi connectivity index (χ0v) is 9.92. The van der Waals surface area contributed by atoms with E-state index in [0.717, 1.165) is 19.3 Å². The Hall–Kier alpha value is -0.610. The van der Waals surface area contributed by atoms with Gasteiger partial charge in [-0.3, -0.25) is 10.2 Å². The highest BCUT2D eigenvalue weighted by Gasteiger charge is 2.16. The summed E-state index contributed by atoms with van der Waals surface area (Å²) in [7, 11) is 0. The predicted molar refractivity (Wildman–Crippen MR) is 61.1 cm³/mol. The van der Waals surface area contributed by atoms with Gasteiger partial charge in [0.25, 0.3) is 5.91 Å². The molecule has 0 aromatic carbocycles. The maximum atomic E-state index is 11.3. The van der Waals surface area contributed by atoms with Crippen LogP contribution in [0, 0.1) is 0 Å². The molecular formula is C11H24N2O2. The van der Waals surface area contributed by atoms with Crippen LogP contribution in [0.5, 0.6) is 0 Å². The van der Waals surface area contributed by atoms with E-state index in [-0.39, 0.29) is 12.0 Å². The normalized spacial score (nSPS) is 12.5. The van der Waals surface area contributed by atoms with Crippen molar-refractivity contribution in [1.82, 2.24) is 5.43 Å². The summed E-state index contributed by atoms with van der Waals surface area (Å²) in [5.74, 6) is 4.86. The molecule has 0 aromatic heterocycles. The molecular weight excluding hydrogens is 192 g/mol. The summed E-state index contributed by atoms with van der Waals surface area (Å²) in [5.41, 5.74) is 2.14. The van der Waals surface area contributed by atoms with E-state index in [0.29, 0.717) is 6.61 Å². The molecule has 0 saturated heterocycles. The molecule has 0 spiro atoms. The topological polar surface area (TPSA) is 64.3 Å². The summed E-state index contributed by atoms with van der Waals surface area (Å²) in [6.45, 7) is 4.85. The highest BCUT2D eigenvalue weighted by Crippen LogP contribution is 2.05. The second kappa shape index (κ2) is 9.93. The van der Waals surface area contributed by atoms with Crippen molar-refractivity contribution < 1.29 is 9.53 Å². The van der Waals surface area contributed by atoms with E-state index in [9.17, 15) is 4.79 Å². The monoisotopic (exact) mass is 216 g/mol. The van der Waals surface area contributed by atoms with Crippen molar-refractivity contribution in [2.75, 3.05) is 6.61 Å². The molecule has 15 heavy (non-hydrogen) atoms. The molecule has 1 amide bonds. The zero-order chi connectivity index (χ0) is 11.5. The number of ether oxygens (including phenoxy) is 1. The largest absolute Gasteiger partial charge is 0.368 e. The number of amides is 1. The van der Waals surface area contributed by atoms with Gasteiger partial charge >= 0.3 is 0 Å². The molecule has 0 aromatic rings. The number of nitrogens with one attached hydrogen (secondary N) is 1. The maximum Gasteiger partial charge on any atom is 0.262 e. The van der Waals surface area contributed by atoms with Crippen LogP contribution >= 0.6 is 0 Å². The second-order valence-corrected chi connectivity index (χ2v) is 3.72. The molecule has 4 heteroatoms. The van der Waals surface area contributed by atoms with Crippen molar-refractivity contribution in [2.24, 2.45) is 5.84 Å². The molecule has 0 rings (SSSR count). The third-order valence-corrected chi connectivity index (χ3v) is 2.30. The van der Waals surface area contributed by atoms with E-state index < -0.39 is 0 Å². The Morgan fingerprint density at radius 3 is 2.53 bits per heavy atom. The lowest BCUT2D eigenvalue weighted by atomic mass is 10.2. The molecule has 0 aliphatic rings. The van der Waals surface area contributed by atoms with Crippen molar-refractivity contribution in [3.8, 4) is 0 Å². The van der Waals surface area contributed by atoms with Crippen LogP contribution in [-0.2, 0) is 9.53 Å². The van der Waals surface area contributed by atoms with Gasteiger partial charge in [0, 0.05) is 6.61 Å². The zero-order valence-electron chi connectivity index (χ0n) is 9.92. The lowest BCUT2D eigenvalue weighted by Crippen LogP contribution is -2.40. The number of carbonyl (C=O) groups is 1. The molecule has 0 aliphatic heterocycles. The average molecular weight is 216 g/mol. The van der Waals surface area contributed by atoms with Crippen LogP contribution in [0.3, 0.4) is 0 Å². The number of hydrazine groups is 1. The maximum absolute atomic E-state index is 11.3. The van der Waals surface area contributed by atoms with Crippen molar-refractivity contribution in [1.29, 1.82) is 0 Å². The highest BCUT2D eigenvalue weighted by atomic mass is 16.5. The standard InChI is InChI=1S/C11H24N2O2/c1-3-5-6-7-9-15-10(8-4-2)11(14)13-12/h10H,3-9,12H2,1-2H3,(H,13,14). The molecule has 4 nitrogen and oxygen atoms in total. The third kappa shape index (κ3) is 7.33. The van der Waals surface area contributed by atoms with Crippen molar-refractivity contribution in [3.05, 3.63) is 0 Å². The minimum absolute atomic E-state index is 0.215. The fourth-order valence-electron chi connectivity index (χ4n) is 1.40. The van der Waals surface area contributed by atoms with Gasteiger partial charge in [-0.25, -0.2) is 5.84 Å². The van der Waals surface area contributed by atoms with Crippen molar-refractivity contribution in [2.45, 2.75) is 58.5 Å². The first-order valence-electron chi connectivity index (χ1n) is 5.88. The van der Waals surface area contributed by atoms with Gasteiger partial charge < -0.3 is 4.74 Å². The summed E-state index contributed by atoms with van der Waals surface area (Å²) in [6, 6.07) is 0. The van der Waals surface area contributed by atoms with Crippen LogP contribution in [0.4, 0.5) is 0 Å². The number of rotatable bonds is 9. The fourth-order valence-corrected chi connectivity index (χ4v) is 1.40. The van der Waals surface area contributed by atoms with Gasteiger partial charge in [-0.05, 0) is 12.8 Å². The summed E-state index contributed by atoms with van der Waals surface area (Å²) in [6.07, 6.45) is 5.91. The van der Waals surface area contributed by atoms with Crippen LogP contribution in [-0.4, -0.2) is 18.6 Å². The Balaban J connectivity index is 3.61. The fraction of sp³-hybridized carbons (Fsp3) is 0.909. The van der Waals surface area contributed by atoms with E-state index in [4.69, 9.17) is 10.6 Å². The van der Waals surface area contributed by atoms with Gasteiger partial charge in [-0.1, -0.05) is 39.5 Å². The first kappa shape index (κ1) is 14.4. The number of hydrogen-bond donors (Lipinski definition) is 2. The van der Waals surface area contributed by atoms with Crippen LogP contribution in [0.2, 0.25) is 0 Å². The lowest BCUT2D eigenvalue weighted by molar-refractivity contribution is -0.133. The minimum atomic E-state index is -0.373. The Kier molecular flexibility index (Phi) is 9.52. The van der Waals surface area contributed by atoms with Crippen LogP contribution < -0.4 is 11.3 Å². The summed E-state index contributed by atoms with van der Waals surface area (Å²) >= 11 is 0. The predicted octanol–water partition coefficient (Wildman–Crippen LogP) is 1.74. The minimum Gasteiger partial charge on any atom is -0.368 e. The quantitative estimate of drug-likeness (QED) is 0.267. The molecule has 0 fully saturated rings. The van der Waals surface area contributed by atoms with Gasteiger partial charge in [-0.15, -0.1) is 0 Å². The molecule has 0 heterocycles. The Bertz CT molecular complexity index is 163. The van der Waals surface area contributed by atoms with E-state index in [2.05, 4.69) is 12.3 Å². The first-order chi connectivity index (χ1) is 7.26. The molecule has 1 unspecified atom stereocenters. The van der Waals surface area contributed by atoms with Crippen molar-refractivity contribution >= 4 is 5.91 Å². The third-order valence-electron chi connectivity index (χ3n) is 2.30. The number of nitrogens with two attached hydrogens (primary N) is 1. The molecule has 0 aliphatic carbocycles. The number of carbonyl (C=O) groups excluding carboxylic acids is 1. The molecule has 90 valence electrons. The SMILES string of the molecule is CCCCCCOC(CCC)C(=O)NN. The molecule has 3 N–H and O–H groups in total. The van der Waals surface area contributed by atoms with E-state index in [1.165, 1.54) is 19.3 Å². The van der Waals surface area contributed by atoms with E-state index in [1.54, 1.807) is 0 Å². The Morgan fingerprint density at radius 1 is 1.27 bits per heavy atom. The number of hydrogen-bond acceptors (Lipinski definition) is 3. The van der Waals surface area contributed by atoms with Crippen LogP contribution in [0.1, 0.15) is 52.4 Å². The summed E-state index contributed by atoms with van der Waals surface area (Å²) in [5, 5.41) is 0. The highest BCUT2D eigenvalue weighted by molar-refractivity contribution is 5.80. The van der Waals surface area contributed by atoms with Crippen LogP contribution in [0.15, 0.2) is 0 Å². The number of unbranched alkanes of at least 4 members (excludes halogenated alkanes) is 3. The summed E-state index contributed by atoms with van der Waals surface area (Å²) in [4.78, 5) is 11.3. The van der Waals surface area contributed by atoms with Crippen molar-refractivity contribution in [3.63, 3.8) is 0 Å². The smallest absolute Gasteiger partial charge is 0.262 e. The van der Waals surface area contributed by atoms with E-state index in [1.807, 2.05) is 6.92 Å². The Labute approximate surface area is 92.5 Å². The summed E-state index contributed by atoms with van der Waals surface area (Å²) < 4.78 is 5.49. The van der Waals surface area contributed by atoms with Crippen LogP contribution in [0.25, 0.3) is 0 Å².